The van der Waals surface area contributed by atoms with Crippen LogP contribution in [0.15, 0.2) is 24.3 Å². The van der Waals surface area contributed by atoms with E-state index < -0.39 is 24.7 Å². The van der Waals surface area contributed by atoms with Gasteiger partial charge in [0.1, 0.15) is 11.8 Å². The highest BCUT2D eigenvalue weighted by Crippen LogP contribution is 2.29. The number of carboxylic acid groups (broad SMARTS) is 1. The number of nitrogens with one attached hydrogen (secondary N) is 1. The van der Waals surface area contributed by atoms with Gasteiger partial charge in [-0.05, 0) is 6.07 Å². The van der Waals surface area contributed by atoms with E-state index in [-0.39, 0.29) is 18.9 Å². The smallest absolute Gasteiger partial charge is 0.387 e. The molecule has 1 aliphatic heterocycles. The number of rotatable bonds is 4. The van der Waals surface area contributed by atoms with Crippen LogP contribution in [0.25, 0.3) is 0 Å². The lowest BCUT2D eigenvalue weighted by atomic mass is 10.1. The largest absolute Gasteiger partial charge is 0.480 e. The number of hydrogen-bond acceptors (Lipinski definition) is 4. The molecule has 0 aliphatic carbocycles. The van der Waals surface area contributed by atoms with Crippen LogP contribution in [0.2, 0.25) is 0 Å². The Bertz CT molecular complexity index is 447. The monoisotopic (exact) mass is 273 g/mol. The highest BCUT2D eigenvalue weighted by atomic mass is 19.3. The summed E-state index contributed by atoms with van der Waals surface area (Å²) in [5.74, 6) is -0.964. The summed E-state index contributed by atoms with van der Waals surface area (Å²) in [6.45, 7) is -2.71. The maximum atomic E-state index is 12.3. The van der Waals surface area contributed by atoms with Crippen molar-refractivity contribution in [3.05, 3.63) is 29.8 Å². The Balaban J connectivity index is 2.08. The summed E-state index contributed by atoms with van der Waals surface area (Å²) in [4.78, 5) is 10.7. The first-order valence-electron chi connectivity index (χ1n) is 5.69. The topological polar surface area (TPSA) is 67.8 Å². The summed E-state index contributed by atoms with van der Waals surface area (Å²) in [6.07, 6.45) is -0.509. The van der Waals surface area contributed by atoms with E-state index in [9.17, 15) is 13.6 Å². The van der Waals surface area contributed by atoms with Gasteiger partial charge in [0, 0.05) is 12.1 Å². The van der Waals surface area contributed by atoms with E-state index in [1.165, 1.54) is 6.07 Å². The summed E-state index contributed by atoms with van der Waals surface area (Å²) < 4.78 is 34.4. The normalized spacial score (nSPS) is 23.3. The summed E-state index contributed by atoms with van der Waals surface area (Å²) in [6, 6.07) is 5.52. The van der Waals surface area contributed by atoms with Crippen molar-refractivity contribution >= 4 is 5.97 Å². The molecule has 1 aromatic carbocycles. The lowest BCUT2D eigenvalue weighted by Gasteiger charge is -2.29. The van der Waals surface area contributed by atoms with Crippen LogP contribution in [-0.2, 0) is 9.53 Å². The van der Waals surface area contributed by atoms with E-state index in [4.69, 9.17) is 9.84 Å². The second kappa shape index (κ2) is 5.94. The SMILES string of the molecule is O=C(O)C1COC(c2ccccc2OC(F)F)CN1. The Hall–Kier alpha value is -1.73. The molecule has 0 saturated carbocycles. The second-order valence-corrected chi connectivity index (χ2v) is 4.04. The minimum absolute atomic E-state index is 0.0248. The van der Waals surface area contributed by atoms with Gasteiger partial charge in [-0.3, -0.25) is 10.1 Å². The van der Waals surface area contributed by atoms with Crippen molar-refractivity contribution in [1.29, 1.82) is 0 Å². The third-order valence-electron chi connectivity index (χ3n) is 2.79. The molecule has 1 aliphatic rings. The number of para-hydroxylation sites is 1. The molecule has 0 spiro atoms. The number of benzene rings is 1. The Morgan fingerprint density at radius 1 is 1.47 bits per heavy atom. The van der Waals surface area contributed by atoms with Crippen LogP contribution in [0, 0.1) is 0 Å². The summed E-state index contributed by atoms with van der Waals surface area (Å²) in [7, 11) is 0. The van der Waals surface area contributed by atoms with Crippen LogP contribution in [-0.4, -0.2) is 36.9 Å². The van der Waals surface area contributed by atoms with E-state index >= 15 is 0 Å². The first-order valence-corrected chi connectivity index (χ1v) is 5.69. The molecule has 2 unspecified atom stereocenters. The van der Waals surface area contributed by atoms with Crippen LogP contribution in [0.4, 0.5) is 8.78 Å². The standard InChI is InChI=1S/C12H13F2NO4/c13-12(14)19-9-4-2-1-3-7(9)10-5-15-8(6-18-10)11(16)17/h1-4,8,10,12,15H,5-6H2,(H,16,17). The molecule has 1 aromatic rings. The predicted molar refractivity (Wildman–Crippen MR) is 61.2 cm³/mol. The molecule has 2 N–H and O–H groups in total. The van der Waals surface area contributed by atoms with Crippen molar-refractivity contribution in [1.82, 2.24) is 5.32 Å². The minimum Gasteiger partial charge on any atom is -0.480 e. The number of carbonyl (C=O) groups is 1. The molecule has 1 saturated heterocycles. The summed E-state index contributed by atoms with van der Waals surface area (Å²) in [5.41, 5.74) is 0.471. The van der Waals surface area contributed by atoms with E-state index in [1.54, 1.807) is 18.2 Å². The maximum absolute atomic E-state index is 12.3. The molecule has 0 radical (unpaired) electrons. The summed E-state index contributed by atoms with van der Waals surface area (Å²) in [5, 5.41) is 11.6. The van der Waals surface area contributed by atoms with Crippen LogP contribution in [0.3, 0.4) is 0 Å². The van der Waals surface area contributed by atoms with Crippen LogP contribution < -0.4 is 10.1 Å². The van der Waals surface area contributed by atoms with Crippen molar-refractivity contribution < 1.29 is 28.2 Å². The van der Waals surface area contributed by atoms with Crippen molar-refractivity contribution in [3.63, 3.8) is 0 Å². The molecule has 0 amide bonds. The third kappa shape index (κ3) is 3.39. The average molecular weight is 273 g/mol. The van der Waals surface area contributed by atoms with Crippen LogP contribution >= 0.6 is 0 Å². The van der Waals surface area contributed by atoms with Gasteiger partial charge in [0.25, 0.3) is 0 Å². The van der Waals surface area contributed by atoms with E-state index in [0.29, 0.717) is 5.56 Å². The van der Waals surface area contributed by atoms with E-state index in [2.05, 4.69) is 10.1 Å². The van der Waals surface area contributed by atoms with E-state index in [0.717, 1.165) is 0 Å². The molecule has 104 valence electrons. The fourth-order valence-corrected chi connectivity index (χ4v) is 1.89. The van der Waals surface area contributed by atoms with Crippen LogP contribution in [0.1, 0.15) is 11.7 Å². The predicted octanol–water partition coefficient (Wildman–Crippen LogP) is 1.40. The molecule has 7 heteroatoms. The quantitative estimate of drug-likeness (QED) is 0.868. The third-order valence-corrected chi connectivity index (χ3v) is 2.79. The Morgan fingerprint density at radius 2 is 2.21 bits per heavy atom. The van der Waals surface area contributed by atoms with Gasteiger partial charge >= 0.3 is 12.6 Å². The molecule has 1 fully saturated rings. The summed E-state index contributed by atoms with van der Waals surface area (Å²) >= 11 is 0. The van der Waals surface area contributed by atoms with Crippen molar-refractivity contribution in [3.8, 4) is 5.75 Å². The zero-order valence-corrected chi connectivity index (χ0v) is 9.88. The highest BCUT2D eigenvalue weighted by Gasteiger charge is 2.28. The molecule has 1 heterocycles. The van der Waals surface area contributed by atoms with Gasteiger partial charge < -0.3 is 14.6 Å². The lowest BCUT2D eigenvalue weighted by molar-refractivity contribution is -0.144. The minimum atomic E-state index is -2.91. The highest BCUT2D eigenvalue weighted by molar-refractivity contribution is 5.73. The fraction of sp³-hybridized carbons (Fsp3) is 0.417. The first kappa shape index (κ1) is 13.7. The molecule has 0 aromatic heterocycles. The van der Waals surface area contributed by atoms with Crippen LogP contribution in [0.5, 0.6) is 5.75 Å². The lowest BCUT2D eigenvalue weighted by Crippen LogP contribution is -2.47. The van der Waals surface area contributed by atoms with Gasteiger partial charge in [-0.2, -0.15) is 8.78 Å². The Kier molecular flexibility index (Phi) is 4.28. The average Bonchev–Trinajstić information content (AvgIpc) is 2.39. The van der Waals surface area contributed by atoms with Gasteiger partial charge in [-0.1, -0.05) is 18.2 Å². The molecule has 2 atom stereocenters. The molecule has 0 bridgehead atoms. The molecular formula is C12H13F2NO4. The van der Waals surface area contributed by atoms with Gasteiger partial charge in [-0.15, -0.1) is 0 Å². The Labute approximate surface area is 108 Å². The van der Waals surface area contributed by atoms with Gasteiger partial charge in [0.2, 0.25) is 0 Å². The van der Waals surface area contributed by atoms with Crippen molar-refractivity contribution in [2.75, 3.05) is 13.2 Å². The number of morpholine rings is 1. The number of halogens is 2. The fourth-order valence-electron chi connectivity index (χ4n) is 1.89. The number of ether oxygens (including phenoxy) is 2. The number of carboxylic acids is 1. The molecule has 19 heavy (non-hydrogen) atoms. The van der Waals surface area contributed by atoms with Gasteiger partial charge in [0.05, 0.1) is 12.7 Å². The zero-order valence-electron chi connectivity index (χ0n) is 9.88. The number of hydrogen-bond donors (Lipinski definition) is 2. The first-order chi connectivity index (χ1) is 9.08. The van der Waals surface area contributed by atoms with Gasteiger partial charge in [0.15, 0.2) is 0 Å². The molecule has 5 nitrogen and oxygen atoms in total. The molecular weight excluding hydrogens is 260 g/mol. The van der Waals surface area contributed by atoms with E-state index in [1.807, 2.05) is 0 Å². The zero-order chi connectivity index (χ0) is 13.8. The van der Waals surface area contributed by atoms with Crippen molar-refractivity contribution in [2.24, 2.45) is 0 Å². The number of aliphatic carboxylic acids is 1. The maximum Gasteiger partial charge on any atom is 0.387 e. The van der Waals surface area contributed by atoms with Gasteiger partial charge in [-0.25, -0.2) is 0 Å². The second-order valence-electron chi connectivity index (χ2n) is 4.04. The van der Waals surface area contributed by atoms with Crippen molar-refractivity contribution in [2.45, 2.75) is 18.8 Å². The number of alkyl halides is 2. The molecule has 2 rings (SSSR count). The Morgan fingerprint density at radius 3 is 2.79 bits per heavy atom.